The van der Waals surface area contributed by atoms with Gasteiger partial charge in [-0.25, -0.2) is 4.98 Å². The summed E-state index contributed by atoms with van der Waals surface area (Å²) in [6.45, 7) is 6.45. The number of hydrogen-bond acceptors (Lipinski definition) is 4. The van der Waals surface area contributed by atoms with Gasteiger partial charge in [-0.15, -0.1) is 0 Å². The number of nitrogens with two attached hydrogens (primary N) is 2. The lowest BCUT2D eigenvalue weighted by atomic mass is 10.0. The zero-order chi connectivity index (χ0) is 13.7. The van der Waals surface area contributed by atoms with Crippen molar-refractivity contribution in [3.8, 4) is 0 Å². The summed E-state index contributed by atoms with van der Waals surface area (Å²) in [6, 6.07) is 1.76. The quantitative estimate of drug-likeness (QED) is 0.719. The molecule has 0 aliphatic heterocycles. The van der Waals surface area contributed by atoms with Gasteiger partial charge in [-0.3, -0.25) is 4.79 Å². The van der Waals surface area contributed by atoms with Crippen molar-refractivity contribution in [3.05, 3.63) is 17.8 Å². The summed E-state index contributed by atoms with van der Waals surface area (Å²) in [5.74, 6) is 0.459. The van der Waals surface area contributed by atoms with Crippen molar-refractivity contribution in [2.24, 2.45) is 11.7 Å². The van der Waals surface area contributed by atoms with Gasteiger partial charge < -0.3 is 16.8 Å². The molecule has 0 aromatic carbocycles. The lowest BCUT2D eigenvalue weighted by molar-refractivity contribution is 0.100. The summed E-state index contributed by atoms with van der Waals surface area (Å²) < 4.78 is 0. The van der Waals surface area contributed by atoms with Gasteiger partial charge in [0, 0.05) is 6.04 Å². The van der Waals surface area contributed by atoms with Crippen LogP contribution in [0.4, 0.5) is 11.5 Å². The highest BCUT2D eigenvalue weighted by Crippen LogP contribution is 2.18. The van der Waals surface area contributed by atoms with E-state index in [0.29, 0.717) is 23.0 Å². The van der Waals surface area contributed by atoms with Crippen molar-refractivity contribution in [1.29, 1.82) is 0 Å². The molecule has 1 aromatic rings. The fourth-order valence-corrected chi connectivity index (χ4v) is 1.71. The number of pyridine rings is 1. The van der Waals surface area contributed by atoms with Crippen LogP contribution in [-0.4, -0.2) is 16.9 Å². The van der Waals surface area contributed by atoms with Crippen molar-refractivity contribution >= 4 is 17.4 Å². The molecule has 0 saturated heterocycles. The maximum absolute atomic E-state index is 11.3. The number of rotatable bonds is 6. The summed E-state index contributed by atoms with van der Waals surface area (Å²) in [5, 5.41) is 3.26. The highest BCUT2D eigenvalue weighted by atomic mass is 16.1. The highest BCUT2D eigenvalue weighted by molar-refractivity contribution is 5.99. The van der Waals surface area contributed by atoms with Gasteiger partial charge in [-0.1, -0.05) is 13.8 Å². The van der Waals surface area contributed by atoms with E-state index in [9.17, 15) is 4.79 Å². The number of carbonyl (C=O) groups excluding carboxylic acids is 1. The Morgan fingerprint density at radius 3 is 2.61 bits per heavy atom. The van der Waals surface area contributed by atoms with E-state index in [2.05, 4.69) is 31.1 Å². The molecule has 0 fully saturated rings. The number of carbonyl (C=O) groups is 1. The monoisotopic (exact) mass is 250 g/mol. The molecule has 1 aromatic heterocycles. The second kappa shape index (κ2) is 6.23. The summed E-state index contributed by atoms with van der Waals surface area (Å²) >= 11 is 0. The smallest absolute Gasteiger partial charge is 0.250 e. The molecular formula is C13H22N4O. The van der Waals surface area contributed by atoms with Crippen molar-refractivity contribution in [2.45, 2.75) is 39.7 Å². The van der Waals surface area contributed by atoms with E-state index in [0.717, 1.165) is 12.8 Å². The first kappa shape index (κ1) is 14.3. The van der Waals surface area contributed by atoms with E-state index in [1.807, 2.05) is 0 Å². The summed E-state index contributed by atoms with van der Waals surface area (Å²) in [5.41, 5.74) is 11.9. The number of hydrogen-bond donors (Lipinski definition) is 3. The SMILES string of the molecule is CC(C)CCC(C)Nc1cnc(N)cc1C(N)=O. The van der Waals surface area contributed by atoms with Crippen LogP contribution in [0.3, 0.4) is 0 Å². The third-order valence-electron chi connectivity index (χ3n) is 2.77. The Labute approximate surface area is 108 Å². The Balaban J connectivity index is 2.74. The van der Waals surface area contributed by atoms with Gasteiger partial charge in [0.2, 0.25) is 0 Å². The van der Waals surface area contributed by atoms with E-state index in [1.54, 1.807) is 6.20 Å². The lowest BCUT2D eigenvalue weighted by Crippen LogP contribution is -2.21. The Hall–Kier alpha value is -1.78. The molecule has 0 radical (unpaired) electrons. The molecule has 1 rings (SSSR count). The maximum Gasteiger partial charge on any atom is 0.250 e. The summed E-state index contributed by atoms with van der Waals surface area (Å²) in [6.07, 6.45) is 3.71. The van der Waals surface area contributed by atoms with Gasteiger partial charge in [0.15, 0.2) is 0 Å². The topological polar surface area (TPSA) is 94.0 Å². The van der Waals surface area contributed by atoms with Gasteiger partial charge >= 0.3 is 0 Å². The van der Waals surface area contributed by atoms with Crippen LogP contribution >= 0.6 is 0 Å². The molecule has 100 valence electrons. The van der Waals surface area contributed by atoms with E-state index in [1.165, 1.54) is 6.07 Å². The average Bonchev–Trinajstić information content (AvgIpc) is 2.28. The highest BCUT2D eigenvalue weighted by Gasteiger charge is 2.12. The predicted molar refractivity (Wildman–Crippen MR) is 74.3 cm³/mol. The van der Waals surface area contributed by atoms with Crippen LogP contribution in [0.1, 0.15) is 44.0 Å². The minimum atomic E-state index is -0.498. The molecule has 0 bridgehead atoms. The number of nitrogen functional groups attached to an aromatic ring is 1. The Morgan fingerprint density at radius 2 is 2.06 bits per heavy atom. The Morgan fingerprint density at radius 1 is 1.39 bits per heavy atom. The van der Waals surface area contributed by atoms with Crippen molar-refractivity contribution in [1.82, 2.24) is 4.98 Å². The first-order chi connectivity index (χ1) is 8.40. The molecule has 1 unspecified atom stereocenters. The second-order valence-corrected chi connectivity index (χ2v) is 5.04. The van der Waals surface area contributed by atoms with Crippen LogP contribution in [0.2, 0.25) is 0 Å². The molecule has 5 N–H and O–H groups in total. The van der Waals surface area contributed by atoms with Crippen molar-refractivity contribution < 1.29 is 4.79 Å². The average molecular weight is 250 g/mol. The normalized spacial score (nSPS) is 12.4. The van der Waals surface area contributed by atoms with Crippen LogP contribution < -0.4 is 16.8 Å². The zero-order valence-electron chi connectivity index (χ0n) is 11.2. The molecular weight excluding hydrogens is 228 g/mol. The van der Waals surface area contributed by atoms with E-state index in [-0.39, 0.29) is 6.04 Å². The molecule has 1 amide bonds. The van der Waals surface area contributed by atoms with Crippen LogP contribution in [0.25, 0.3) is 0 Å². The Bertz CT molecular complexity index is 417. The van der Waals surface area contributed by atoms with E-state index < -0.39 is 5.91 Å². The molecule has 0 spiro atoms. The van der Waals surface area contributed by atoms with Crippen molar-refractivity contribution in [3.63, 3.8) is 0 Å². The van der Waals surface area contributed by atoms with Crippen LogP contribution in [0.15, 0.2) is 12.3 Å². The number of anilines is 2. The van der Waals surface area contributed by atoms with E-state index >= 15 is 0 Å². The van der Waals surface area contributed by atoms with Gasteiger partial charge in [-0.05, 0) is 31.7 Å². The fourth-order valence-electron chi connectivity index (χ4n) is 1.71. The minimum Gasteiger partial charge on any atom is -0.384 e. The predicted octanol–water partition coefficient (Wildman–Crippen LogP) is 2.00. The van der Waals surface area contributed by atoms with Gasteiger partial charge in [0.25, 0.3) is 5.91 Å². The molecule has 5 nitrogen and oxygen atoms in total. The fraction of sp³-hybridized carbons (Fsp3) is 0.538. The third kappa shape index (κ3) is 4.24. The molecule has 1 heterocycles. The second-order valence-electron chi connectivity index (χ2n) is 5.04. The van der Waals surface area contributed by atoms with Crippen LogP contribution in [-0.2, 0) is 0 Å². The van der Waals surface area contributed by atoms with Gasteiger partial charge in [0.1, 0.15) is 5.82 Å². The molecule has 0 saturated carbocycles. The third-order valence-corrected chi connectivity index (χ3v) is 2.77. The minimum absolute atomic E-state index is 0.260. The Kier molecular flexibility index (Phi) is 4.95. The zero-order valence-corrected chi connectivity index (χ0v) is 11.2. The van der Waals surface area contributed by atoms with E-state index in [4.69, 9.17) is 11.5 Å². The van der Waals surface area contributed by atoms with Gasteiger partial charge in [0.05, 0.1) is 17.4 Å². The van der Waals surface area contributed by atoms with Crippen molar-refractivity contribution in [2.75, 3.05) is 11.1 Å². The number of nitrogens with zero attached hydrogens (tertiary/aromatic N) is 1. The number of aromatic nitrogens is 1. The first-order valence-electron chi connectivity index (χ1n) is 6.22. The maximum atomic E-state index is 11.3. The number of nitrogens with one attached hydrogen (secondary N) is 1. The van der Waals surface area contributed by atoms with Crippen LogP contribution in [0, 0.1) is 5.92 Å². The molecule has 18 heavy (non-hydrogen) atoms. The molecule has 0 aliphatic carbocycles. The summed E-state index contributed by atoms with van der Waals surface area (Å²) in [4.78, 5) is 15.3. The first-order valence-corrected chi connectivity index (χ1v) is 6.22. The number of amides is 1. The largest absolute Gasteiger partial charge is 0.384 e. The summed E-state index contributed by atoms with van der Waals surface area (Å²) in [7, 11) is 0. The standard InChI is InChI=1S/C13H22N4O/c1-8(2)4-5-9(3)17-11-7-16-12(14)6-10(11)13(15)18/h6-9,17H,4-5H2,1-3H3,(H2,14,16)(H2,15,18). The molecule has 0 aliphatic rings. The number of primary amides is 1. The lowest BCUT2D eigenvalue weighted by Gasteiger charge is -2.18. The van der Waals surface area contributed by atoms with Crippen LogP contribution in [0.5, 0.6) is 0 Å². The van der Waals surface area contributed by atoms with Gasteiger partial charge in [-0.2, -0.15) is 0 Å². The molecule has 1 atom stereocenters. The molecule has 5 heteroatoms.